The molecule has 2 aromatic heterocycles. The Balaban J connectivity index is 1.85. The predicted molar refractivity (Wildman–Crippen MR) is 116 cm³/mol. The number of pyridine rings is 1. The number of aliphatic hydroxyl groups is 1. The number of hydrogen-bond donors (Lipinski definition) is 3. The number of aliphatic hydroxyl groups excluding tert-OH is 1. The molecule has 2 atom stereocenters. The molecule has 0 unspecified atom stereocenters. The lowest BCUT2D eigenvalue weighted by Crippen LogP contribution is -2.32. The van der Waals surface area contributed by atoms with Crippen LogP contribution < -0.4 is 5.32 Å². The first kappa shape index (κ1) is 19.4. The second-order valence-corrected chi connectivity index (χ2v) is 7.58. The van der Waals surface area contributed by atoms with Gasteiger partial charge in [-0.1, -0.05) is 18.2 Å². The van der Waals surface area contributed by atoms with Crippen LogP contribution in [0.3, 0.4) is 0 Å². The fraction of sp³-hybridized carbons (Fsp3) is 0.273. The summed E-state index contributed by atoms with van der Waals surface area (Å²) in [6.45, 7) is 4.50. The van der Waals surface area contributed by atoms with Gasteiger partial charge in [0.15, 0.2) is 5.11 Å². The van der Waals surface area contributed by atoms with Crippen LogP contribution >= 0.6 is 12.2 Å². The maximum absolute atomic E-state index is 10.4. The molecule has 6 nitrogen and oxygen atoms in total. The first-order chi connectivity index (χ1) is 14.0. The van der Waals surface area contributed by atoms with E-state index in [9.17, 15) is 10.2 Å². The Bertz CT molecular complexity index is 1030. The molecule has 1 aliphatic rings. The summed E-state index contributed by atoms with van der Waals surface area (Å²) in [6, 6.07) is 15.0. The second-order valence-electron chi connectivity index (χ2n) is 7.19. The minimum absolute atomic E-state index is 0.00543. The predicted octanol–water partition coefficient (Wildman–Crippen LogP) is 3.16. The van der Waals surface area contributed by atoms with Crippen molar-refractivity contribution in [2.75, 3.05) is 13.2 Å². The van der Waals surface area contributed by atoms with Crippen LogP contribution in [0.1, 0.15) is 34.7 Å². The number of phenols is 1. The standard InChI is InChI=1S/C22H24N4O2S/c1-14-13-16(15(2)26(14)18-8-3-4-9-19(18)28)21-20(17-7-5-6-10-23-17)24-22(29)25(21)11-12-27/h3-10,13,20-21,27-28H,11-12H2,1-2H3,(H,24,29)/t20-,21-/m1/s1. The molecular formula is C22H24N4O2S. The number of rotatable bonds is 5. The van der Waals surface area contributed by atoms with Gasteiger partial charge in [0.05, 0.1) is 30.1 Å². The summed E-state index contributed by atoms with van der Waals surface area (Å²) < 4.78 is 2.05. The summed E-state index contributed by atoms with van der Waals surface area (Å²) in [5, 5.41) is 24.0. The summed E-state index contributed by atoms with van der Waals surface area (Å²) >= 11 is 5.59. The Morgan fingerprint density at radius 2 is 1.90 bits per heavy atom. The molecule has 0 bridgehead atoms. The average Bonchev–Trinajstić information content (AvgIpc) is 3.19. The van der Waals surface area contributed by atoms with Crippen LogP contribution in [0, 0.1) is 13.8 Å². The SMILES string of the molecule is Cc1cc([C@@H]2[C@@H](c3ccccn3)NC(=S)N2CCO)c(C)n1-c1ccccc1O. The third-order valence-electron chi connectivity index (χ3n) is 5.45. The molecule has 1 aromatic carbocycles. The van der Waals surface area contributed by atoms with Gasteiger partial charge in [-0.15, -0.1) is 0 Å². The highest BCUT2D eigenvalue weighted by atomic mass is 32.1. The minimum atomic E-state index is -0.131. The van der Waals surface area contributed by atoms with E-state index in [1.54, 1.807) is 12.3 Å². The molecule has 0 aliphatic carbocycles. The highest BCUT2D eigenvalue weighted by Gasteiger charge is 2.41. The van der Waals surface area contributed by atoms with Gasteiger partial charge >= 0.3 is 0 Å². The molecule has 4 rings (SSSR count). The van der Waals surface area contributed by atoms with Gasteiger partial charge in [0.2, 0.25) is 0 Å². The van der Waals surface area contributed by atoms with Crippen molar-refractivity contribution in [2.45, 2.75) is 25.9 Å². The zero-order valence-corrected chi connectivity index (χ0v) is 17.2. The normalized spacial score (nSPS) is 18.9. The zero-order chi connectivity index (χ0) is 20.5. The Hall–Kier alpha value is -2.90. The maximum Gasteiger partial charge on any atom is 0.170 e. The smallest absolute Gasteiger partial charge is 0.170 e. The van der Waals surface area contributed by atoms with Crippen LogP contribution in [0.2, 0.25) is 0 Å². The van der Waals surface area contributed by atoms with Crippen LogP contribution in [-0.4, -0.2) is 42.9 Å². The molecule has 3 aromatic rings. The summed E-state index contributed by atoms with van der Waals surface area (Å²) in [5.74, 6) is 0.231. The Labute approximate surface area is 175 Å². The van der Waals surface area contributed by atoms with Gasteiger partial charge in [-0.3, -0.25) is 4.98 Å². The first-order valence-corrected chi connectivity index (χ1v) is 10.00. The first-order valence-electron chi connectivity index (χ1n) is 9.59. The van der Waals surface area contributed by atoms with Gasteiger partial charge in [0, 0.05) is 24.1 Å². The van der Waals surface area contributed by atoms with Crippen molar-refractivity contribution < 1.29 is 10.2 Å². The van der Waals surface area contributed by atoms with E-state index in [2.05, 4.69) is 20.9 Å². The lowest BCUT2D eigenvalue weighted by atomic mass is 9.97. The van der Waals surface area contributed by atoms with Crippen molar-refractivity contribution in [3.8, 4) is 11.4 Å². The number of nitrogens with zero attached hydrogens (tertiary/aromatic N) is 3. The summed E-state index contributed by atoms with van der Waals surface area (Å²) in [6.07, 6.45) is 1.77. The van der Waals surface area contributed by atoms with Gasteiger partial charge in [0.1, 0.15) is 5.75 Å². The number of phenolic OH excluding ortho intramolecular Hbond substituents is 1. The van der Waals surface area contributed by atoms with E-state index in [1.165, 1.54) is 0 Å². The molecule has 1 aliphatic heterocycles. The molecule has 150 valence electrons. The van der Waals surface area contributed by atoms with E-state index in [0.29, 0.717) is 11.7 Å². The average molecular weight is 409 g/mol. The molecular weight excluding hydrogens is 384 g/mol. The molecule has 3 heterocycles. The molecule has 1 fully saturated rings. The van der Waals surface area contributed by atoms with Crippen molar-refractivity contribution in [3.63, 3.8) is 0 Å². The molecule has 1 saturated heterocycles. The number of aromatic nitrogens is 2. The Kier molecular flexibility index (Phi) is 5.25. The fourth-order valence-electron chi connectivity index (χ4n) is 4.20. The maximum atomic E-state index is 10.4. The van der Waals surface area contributed by atoms with Gasteiger partial charge in [0.25, 0.3) is 0 Å². The van der Waals surface area contributed by atoms with E-state index < -0.39 is 0 Å². The molecule has 0 radical (unpaired) electrons. The van der Waals surface area contributed by atoms with E-state index in [0.717, 1.165) is 28.3 Å². The van der Waals surface area contributed by atoms with E-state index in [4.69, 9.17) is 12.2 Å². The highest BCUT2D eigenvalue weighted by Crippen LogP contribution is 2.41. The summed E-state index contributed by atoms with van der Waals surface area (Å²) in [7, 11) is 0. The monoisotopic (exact) mass is 408 g/mol. The lowest BCUT2D eigenvalue weighted by molar-refractivity contribution is 0.223. The van der Waals surface area contributed by atoms with Crippen LogP contribution in [0.5, 0.6) is 5.75 Å². The van der Waals surface area contributed by atoms with Gasteiger partial charge in [-0.25, -0.2) is 0 Å². The number of thiocarbonyl (C=S) groups is 1. The van der Waals surface area contributed by atoms with Crippen LogP contribution in [-0.2, 0) is 0 Å². The van der Waals surface area contributed by atoms with Crippen LogP contribution in [0.25, 0.3) is 5.69 Å². The van der Waals surface area contributed by atoms with Crippen molar-refractivity contribution >= 4 is 17.3 Å². The number of aryl methyl sites for hydroxylation is 1. The fourth-order valence-corrected chi connectivity index (χ4v) is 4.54. The molecule has 0 spiro atoms. The van der Waals surface area contributed by atoms with E-state index in [-0.39, 0.29) is 24.4 Å². The van der Waals surface area contributed by atoms with Crippen molar-refractivity contribution in [1.29, 1.82) is 0 Å². The highest BCUT2D eigenvalue weighted by molar-refractivity contribution is 7.80. The third kappa shape index (κ3) is 3.36. The van der Waals surface area contributed by atoms with Gasteiger partial charge < -0.3 is 25.0 Å². The number of hydrogen-bond acceptors (Lipinski definition) is 4. The third-order valence-corrected chi connectivity index (χ3v) is 5.80. The molecule has 3 N–H and O–H groups in total. The van der Waals surface area contributed by atoms with Crippen molar-refractivity contribution in [2.24, 2.45) is 0 Å². The Morgan fingerprint density at radius 1 is 1.14 bits per heavy atom. The number of β-amino-alcohol motifs (C(OH)–C–C–N with tert-alkyl or cyclic N) is 1. The van der Waals surface area contributed by atoms with Crippen LogP contribution in [0.15, 0.2) is 54.7 Å². The molecule has 0 saturated carbocycles. The van der Waals surface area contributed by atoms with Gasteiger partial charge in [-0.2, -0.15) is 0 Å². The minimum Gasteiger partial charge on any atom is -0.506 e. The summed E-state index contributed by atoms with van der Waals surface area (Å²) in [5.41, 5.74) is 4.75. The van der Waals surface area contributed by atoms with E-state index in [1.807, 2.05) is 55.1 Å². The van der Waals surface area contributed by atoms with Gasteiger partial charge in [-0.05, 0) is 62.0 Å². The number of aromatic hydroxyl groups is 1. The second kappa shape index (κ2) is 7.85. The van der Waals surface area contributed by atoms with Crippen molar-refractivity contribution in [1.82, 2.24) is 19.8 Å². The topological polar surface area (TPSA) is 73.5 Å². The lowest BCUT2D eigenvalue weighted by Gasteiger charge is -2.27. The summed E-state index contributed by atoms with van der Waals surface area (Å²) in [4.78, 5) is 6.56. The van der Waals surface area contributed by atoms with E-state index >= 15 is 0 Å². The quantitative estimate of drug-likeness (QED) is 0.563. The largest absolute Gasteiger partial charge is 0.506 e. The number of benzene rings is 1. The van der Waals surface area contributed by atoms with Crippen LogP contribution in [0.4, 0.5) is 0 Å². The molecule has 7 heteroatoms. The zero-order valence-electron chi connectivity index (χ0n) is 16.4. The van der Waals surface area contributed by atoms with Crippen molar-refractivity contribution in [3.05, 3.63) is 77.4 Å². The molecule has 0 amide bonds. The Morgan fingerprint density at radius 3 is 2.59 bits per heavy atom. The number of nitrogens with one attached hydrogen (secondary N) is 1. The number of para-hydroxylation sites is 2. The molecule has 29 heavy (non-hydrogen) atoms.